The highest BCUT2D eigenvalue weighted by atomic mass is 127. The molecule has 1 aliphatic carbocycles. The number of aliphatic imine (C=N–C) groups is 1. The van der Waals surface area contributed by atoms with Gasteiger partial charge in [0.1, 0.15) is 0 Å². The van der Waals surface area contributed by atoms with Crippen LogP contribution in [-0.2, 0) is 6.54 Å². The highest BCUT2D eigenvalue weighted by Gasteiger charge is 2.43. The van der Waals surface area contributed by atoms with Gasteiger partial charge in [-0.3, -0.25) is 0 Å². The molecule has 1 saturated carbocycles. The molecule has 1 N–H and O–H groups in total. The molecule has 2 heterocycles. The van der Waals surface area contributed by atoms with Crippen molar-refractivity contribution in [3.05, 3.63) is 29.8 Å². The maximum absolute atomic E-state index is 4.95. The first-order valence-corrected chi connectivity index (χ1v) is 11.4. The van der Waals surface area contributed by atoms with E-state index in [4.69, 9.17) is 4.99 Å². The first-order valence-electron chi connectivity index (χ1n) is 10.2. The van der Waals surface area contributed by atoms with Gasteiger partial charge in [-0.15, -0.1) is 24.0 Å². The van der Waals surface area contributed by atoms with Crippen LogP contribution in [0.2, 0.25) is 0 Å². The number of rotatable bonds is 4. The summed E-state index contributed by atoms with van der Waals surface area (Å²) in [6.45, 7) is 8.57. The third kappa shape index (κ3) is 5.05. The van der Waals surface area contributed by atoms with E-state index < -0.39 is 0 Å². The van der Waals surface area contributed by atoms with E-state index in [-0.39, 0.29) is 24.0 Å². The van der Waals surface area contributed by atoms with Gasteiger partial charge in [-0.1, -0.05) is 18.6 Å². The van der Waals surface area contributed by atoms with Crippen molar-refractivity contribution in [2.75, 3.05) is 49.1 Å². The van der Waals surface area contributed by atoms with Gasteiger partial charge in [0.05, 0.1) is 6.54 Å². The Hall–Kier alpha value is -0.630. The van der Waals surface area contributed by atoms with Crippen molar-refractivity contribution in [1.82, 2.24) is 10.2 Å². The minimum Gasteiger partial charge on any atom is -0.370 e. The van der Waals surface area contributed by atoms with Crippen LogP contribution in [0.15, 0.2) is 29.3 Å². The zero-order valence-corrected chi connectivity index (χ0v) is 19.6. The van der Waals surface area contributed by atoms with Crippen molar-refractivity contribution in [2.45, 2.75) is 39.2 Å². The lowest BCUT2D eigenvalue weighted by Crippen LogP contribution is -2.42. The van der Waals surface area contributed by atoms with E-state index in [9.17, 15) is 0 Å². The summed E-state index contributed by atoms with van der Waals surface area (Å²) in [4.78, 5) is 9.93. The Labute approximate surface area is 185 Å². The number of benzene rings is 1. The van der Waals surface area contributed by atoms with Crippen molar-refractivity contribution in [2.24, 2.45) is 10.4 Å². The molecule has 0 radical (unpaired) electrons. The summed E-state index contributed by atoms with van der Waals surface area (Å²) >= 11 is 2.06. The maximum Gasteiger partial charge on any atom is 0.194 e. The monoisotopic (exact) mass is 500 g/mol. The molecule has 150 valence electrons. The van der Waals surface area contributed by atoms with Crippen LogP contribution in [-0.4, -0.2) is 55.1 Å². The van der Waals surface area contributed by atoms with Gasteiger partial charge in [-0.05, 0) is 49.3 Å². The Morgan fingerprint density at radius 3 is 2.44 bits per heavy atom. The Kier molecular flexibility index (Phi) is 7.59. The van der Waals surface area contributed by atoms with Gasteiger partial charge in [-0.25, -0.2) is 4.99 Å². The quantitative estimate of drug-likeness (QED) is 0.382. The molecule has 3 aliphatic rings. The number of likely N-dealkylation sites (tertiary alicyclic amines) is 1. The molecule has 27 heavy (non-hydrogen) atoms. The number of nitrogens with zero attached hydrogens (tertiary/aromatic N) is 3. The lowest BCUT2D eigenvalue weighted by molar-refractivity contribution is 0.151. The Balaban J connectivity index is 0.00000210. The Morgan fingerprint density at radius 2 is 1.85 bits per heavy atom. The summed E-state index contributed by atoms with van der Waals surface area (Å²) in [6.07, 6.45) is 5.60. The van der Waals surface area contributed by atoms with Gasteiger partial charge < -0.3 is 15.1 Å². The predicted molar refractivity (Wildman–Crippen MR) is 129 cm³/mol. The van der Waals surface area contributed by atoms with Gasteiger partial charge in [0.15, 0.2) is 5.96 Å². The fraction of sp³-hybridized carbons (Fsp3) is 0.667. The Bertz CT molecular complexity index is 624. The molecule has 0 unspecified atom stereocenters. The van der Waals surface area contributed by atoms with Crippen LogP contribution in [0.5, 0.6) is 0 Å². The topological polar surface area (TPSA) is 30.9 Å². The molecular weight excluding hydrogens is 467 g/mol. The number of halogens is 1. The SMILES string of the molecule is CCNC(=NCc1ccc(N2CCSCC2)cc1)N1CCC2(CCC2)C1.I. The molecule has 3 fully saturated rings. The lowest BCUT2D eigenvalue weighted by atomic mass is 9.68. The standard InChI is InChI=1S/C21H32N4S.HI/c1-2-22-20(25-11-10-21(17-25)8-3-9-21)23-16-18-4-6-19(7-5-18)24-12-14-26-15-13-24;/h4-7H,2-3,8-17H2,1H3,(H,22,23);1H. The first kappa shape index (κ1) is 21.1. The third-order valence-corrected chi connectivity index (χ3v) is 7.15. The maximum atomic E-state index is 4.95. The van der Waals surface area contributed by atoms with Gasteiger partial charge in [0, 0.05) is 49.9 Å². The van der Waals surface area contributed by atoms with Crippen molar-refractivity contribution in [3.8, 4) is 0 Å². The number of thioether (sulfide) groups is 1. The molecule has 2 aliphatic heterocycles. The van der Waals surface area contributed by atoms with Crippen LogP contribution in [0.3, 0.4) is 0 Å². The highest BCUT2D eigenvalue weighted by Crippen LogP contribution is 2.47. The molecular formula is C21H33IN4S. The van der Waals surface area contributed by atoms with E-state index in [1.807, 2.05) is 0 Å². The summed E-state index contributed by atoms with van der Waals surface area (Å²) in [6, 6.07) is 9.04. The summed E-state index contributed by atoms with van der Waals surface area (Å²) in [7, 11) is 0. The molecule has 1 aromatic rings. The Morgan fingerprint density at radius 1 is 1.11 bits per heavy atom. The number of nitrogens with one attached hydrogen (secondary N) is 1. The fourth-order valence-electron chi connectivity index (χ4n) is 4.43. The van der Waals surface area contributed by atoms with E-state index in [1.165, 1.54) is 68.1 Å². The molecule has 0 bridgehead atoms. The van der Waals surface area contributed by atoms with Crippen LogP contribution in [0.25, 0.3) is 0 Å². The van der Waals surface area contributed by atoms with Crippen LogP contribution >= 0.6 is 35.7 Å². The molecule has 1 aromatic carbocycles. The van der Waals surface area contributed by atoms with Crippen LogP contribution in [0.1, 0.15) is 38.2 Å². The number of guanidine groups is 1. The van der Waals surface area contributed by atoms with Gasteiger partial charge in [0.2, 0.25) is 0 Å². The number of hydrogen-bond donors (Lipinski definition) is 1. The average Bonchev–Trinajstić information content (AvgIpc) is 3.12. The molecule has 0 atom stereocenters. The van der Waals surface area contributed by atoms with Crippen molar-refractivity contribution in [1.29, 1.82) is 0 Å². The third-order valence-electron chi connectivity index (χ3n) is 6.21. The van der Waals surface area contributed by atoms with E-state index >= 15 is 0 Å². The first-order chi connectivity index (χ1) is 12.8. The van der Waals surface area contributed by atoms with E-state index in [0.717, 1.165) is 25.6 Å². The summed E-state index contributed by atoms with van der Waals surface area (Å²) in [5.74, 6) is 3.60. The summed E-state index contributed by atoms with van der Waals surface area (Å²) in [5.41, 5.74) is 3.27. The van der Waals surface area contributed by atoms with Crippen LogP contribution in [0.4, 0.5) is 5.69 Å². The summed E-state index contributed by atoms with van der Waals surface area (Å²) < 4.78 is 0. The zero-order valence-electron chi connectivity index (χ0n) is 16.5. The largest absolute Gasteiger partial charge is 0.370 e. The predicted octanol–water partition coefficient (Wildman–Crippen LogP) is 4.20. The van der Waals surface area contributed by atoms with Crippen LogP contribution < -0.4 is 10.2 Å². The average molecular weight is 500 g/mol. The van der Waals surface area contributed by atoms with Gasteiger partial charge in [-0.2, -0.15) is 11.8 Å². The number of hydrogen-bond acceptors (Lipinski definition) is 3. The molecule has 2 saturated heterocycles. The normalized spacial score (nSPS) is 21.7. The molecule has 4 nitrogen and oxygen atoms in total. The second-order valence-electron chi connectivity index (χ2n) is 7.96. The fourth-order valence-corrected chi connectivity index (χ4v) is 5.33. The van der Waals surface area contributed by atoms with Crippen LogP contribution in [0, 0.1) is 5.41 Å². The van der Waals surface area contributed by atoms with E-state index in [0.29, 0.717) is 5.41 Å². The molecule has 1 spiro atoms. The minimum atomic E-state index is 0. The second kappa shape index (κ2) is 9.72. The lowest BCUT2D eigenvalue weighted by Gasteiger charge is -2.38. The molecule has 0 amide bonds. The van der Waals surface area contributed by atoms with E-state index in [1.54, 1.807) is 0 Å². The van der Waals surface area contributed by atoms with Crippen molar-refractivity contribution in [3.63, 3.8) is 0 Å². The molecule has 6 heteroatoms. The smallest absolute Gasteiger partial charge is 0.194 e. The highest BCUT2D eigenvalue weighted by molar-refractivity contribution is 14.0. The second-order valence-corrected chi connectivity index (χ2v) is 9.19. The van der Waals surface area contributed by atoms with E-state index in [2.05, 4.69) is 58.1 Å². The number of anilines is 1. The van der Waals surface area contributed by atoms with Gasteiger partial charge >= 0.3 is 0 Å². The van der Waals surface area contributed by atoms with Gasteiger partial charge in [0.25, 0.3) is 0 Å². The zero-order chi connectivity index (χ0) is 17.8. The minimum absolute atomic E-state index is 0. The van der Waals surface area contributed by atoms with Crippen molar-refractivity contribution >= 4 is 47.4 Å². The molecule has 4 rings (SSSR count). The summed E-state index contributed by atoms with van der Waals surface area (Å²) in [5, 5.41) is 3.51. The van der Waals surface area contributed by atoms with Crippen molar-refractivity contribution < 1.29 is 0 Å². The molecule has 0 aromatic heterocycles.